The molecule has 1 fully saturated rings. The summed E-state index contributed by atoms with van der Waals surface area (Å²) in [7, 11) is 0. The summed E-state index contributed by atoms with van der Waals surface area (Å²) in [5.41, 5.74) is 0.608. The molecular formula is C16H23NO3. The molecule has 0 N–H and O–H groups in total. The molecule has 0 atom stereocenters. The summed E-state index contributed by atoms with van der Waals surface area (Å²) in [6, 6.07) is 5.30. The van der Waals surface area contributed by atoms with Crippen molar-refractivity contribution in [3.05, 3.63) is 23.8 Å². The number of ether oxygens (including phenoxy) is 2. The topological polar surface area (TPSA) is 38.8 Å². The van der Waals surface area contributed by atoms with Gasteiger partial charge in [-0.3, -0.25) is 9.69 Å². The average molecular weight is 277 g/mol. The van der Waals surface area contributed by atoms with Gasteiger partial charge in [0.1, 0.15) is 12.9 Å². The molecule has 0 aliphatic carbocycles. The lowest BCUT2D eigenvalue weighted by atomic mass is 10.1. The van der Waals surface area contributed by atoms with Crippen LogP contribution in [0.15, 0.2) is 18.2 Å². The zero-order valence-electron chi connectivity index (χ0n) is 12.1. The molecule has 4 nitrogen and oxygen atoms in total. The van der Waals surface area contributed by atoms with Crippen LogP contribution in [0.3, 0.4) is 0 Å². The second kappa shape index (κ2) is 7.90. The summed E-state index contributed by atoms with van der Waals surface area (Å²) < 4.78 is 11.3. The molecule has 4 heteroatoms. The molecule has 0 amide bonds. The number of likely N-dealkylation sites (tertiary alicyclic amines) is 1. The van der Waals surface area contributed by atoms with Gasteiger partial charge in [-0.05, 0) is 51.1 Å². The lowest BCUT2D eigenvalue weighted by Gasteiger charge is -2.26. The smallest absolute Gasteiger partial charge is 0.161 e. The van der Waals surface area contributed by atoms with Crippen LogP contribution in [0.2, 0.25) is 0 Å². The minimum atomic E-state index is 0.560. The van der Waals surface area contributed by atoms with Crippen molar-refractivity contribution in [2.24, 2.45) is 0 Å². The molecule has 20 heavy (non-hydrogen) atoms. The van der Waals surface area contributed by atoms with E-state index in [1.54, 1.807) is 12.1 Å². The highest BCUT2D eigenvalue weighted by Gasteiger charge is 2.11. The Labute approximate surface area is 120 Å². The maximum absolute atomic E-state index is 10.8. The number of carbonyl (C=O) groups excluding carboxylic acids is 1. The summed E-state index contributed by atoms with van der Waals surface area (Å²) in [6.07, 6.45) is 4.75. The molecule has 0 unspecified atom stereocenters. The van der Waals surface area contributed by atoms with E-state index in [2.05, 4.69) is 4.90 Å². The van der Waals surface area contributed by atoms with Gasteiger partial charge in [-0.25, -0.2) is 0 Å². The van der Waals surface area contributed by atoms with Gasteiger partial charge in [0.2, 0.25) is 0 Å². The third-order valence-corrected chi connectivity index (χ3v) is 3.52. The number of aldehydes is 1. The largest absolute Gasteiger partial charge is 0.490 e. The fourth-order valence-electron chi connectivity index (χ4n) is 2.45. The van der Waals surface area contributed by atoms with Gasteiger partial charge in [-0.1, -0.05) is 6.42 Å². The van der Waals surface area contributed by atoms with Gasteiger partial charge in [0, 0.05) is 12.1 Å². The van der Waals surface area contributed by atoms with E-state index in [-0.39, 0.29) is 0 Å². The second-order valence-corrected chi connectivity index (χ2v) is 5.01. The van der Waals surface area contributed by atoms with Gasteiger partial charge in [0.05, 0.1) is 6.61 Å². The van der Waals surface area contributed by atoms with Crippen molar-refractivity contribution in [2.45, 2.75) is 26.2 Å². The molecule has 0 spiro atoms. The minimum absolute atomic E-state index is 0.560. The average Bonchev–Trinajstić information content (AvgIpc) is 2.50. The first-order valence-electron chi connectivity index (χ1n) is 7.40. The lowest BCUT2D eigenvalue weighted by molar-refractivity contribution is 0.112. The van der Waals surface area contributed by atoms with Gasteiger partial charge >= 0.3 is 0 Å². The van der Waals surface area contributed by atoms with Crippen LogP contribution >= 0.6 is 0 Å². The molecule has 1 saturated heterocycles. The Kier molecular flexibility index (Phi) is 5.87. The fraction of sp³-hybridized carbons (Fsp3) is 0.562. The number of rotatable bonds is 7. The summed E-state index contributed by atoms with van der Waals surface area (Å²) in [4.78, 5) is 13.2. The van der Waals surface area contributed by atoms with Gasteiger partial charge in [-0.2, -0.15) is 0 Å². The number of benzene rings is 1. The molecule has 2 rings (SSSR count). The van der Waals surface area contributed by atoms with Crippen molar-refractivity contribution in [3.63, 3.8) is 0 Å². The molecule has 0 bridgehead atoms. The normalized spacial score (nSPS) is 15.8. The lowest BCUT2D eigenvalue weighted by Crippen LogP contribution is -2.33. The van der Waals surface area contributed by atoms with E-state index in [0.717, 1.165) is 18.6 Å². The number of nitrogens with zero attached hydrogens (tertiary/aromatic N) is 1. The van der Waals surface area contributed by atoms with E-state index >= 15 is 0 Å². The third-order valence-electron chi connectivity index (χ3n) is 3.52. The second-order valence-electron chi connectivity index (χ2n) is 5.01. The van der Waals surface area contributed by atoms with E-state index in [0.29, 0.717) is 24.5 Å². The monoisotopic (exact) mass is 277 g/mol. The van der Waals surface area contributed by atoms with E-state index in [9.17, 15) is 4.79 Å². The van der Waals surface area contributed by atoms with Crippen molar-refractivity contribution in [2.75, 3.05) is 32.8 Å². The predicted molar refractivity (Wildman–Crippen MR) is 78.8 cm³/mol. The van der Waals surface area contributed by atoms with Crippen LogP contribution in [-0.2, 0) is 0 Å². The summed E-state index contributed by atoms with van der Waals surface area (Å²) in [5.74, 6) is 1.37. The Morgan fingerprint density at radius 3 is 2.65 bits per heavy atom. The third kappa shape index (κ3) is 4.23. The van der Waals surface area contributed by atoms with Gasteiger partial charge in [0.25, 0.3) is 0 Å². The van der Waals surface area contributed by atoms with Crippen molar-refractivity contribution >= 4 is 6.29 Å². The Balaban J connectivity index is 1.88. The number of hydrogen-bond acceptors (Lipinski definition) is 4. The SMILES string of the molecule is CCOc1cc(C=O)ccc1OCCN1CCCCC1. The first-order chi connectivity index (χ1) is 9.83. The van der Waals surface area contributed by atoms with Gasteiger partial charge < -0.3 is 9.47 Å². The van der Waals surface area contributed by atoms with E-state index in [4.69, 9.17) is 9.47 Å². The van der Waals surface area contributed by atoms with Crippen LogP contribution in [0.25, 0.3) is 0 Å². The Morgan fingerprint density at radius 2 is 1.95 bits per heavy atom. The standard InChI is InChI=1S/C16H23NO3/c1-2-19-16-12-14(13-18)6-7-15(16)20-11-10-17-8-4-3-5-9-17/h6-7,12-13H,2-5,8-11H2,1H3. The van der Waals surface area contributed by atoms with E-state index < -0.39 is 0 Å². The van der Waals surface area contributed by atoms with Crippen LogP contribution in [0.4, 0.5) is 0 Å². The number of carbonyl (C=O) groups is 1. The first-order valence-corrected chi connectivity index (χ1v) is 7.40. The van der Waals surface area contributed by atoms with Crippen molar-refractivity contribution < 1.29 is 14.3 Å². The minimum Gasteiger partial charge on any atom is -0.490 e. The molecule has 110 valence electrons. The summed E-state index contributed by atoms with van der Waals surface area (Å²) in [6.45, 7) is 6.43. The molecule has 0 saturated carbocycles. The molecule has 1 heterocycles. The van der Waals surface area contributed by atoms with Gasteiger partial charge in [-0.15, -0.1) is 0 Å². The Morgan fingerprint density at radius 1 is 1.15 bits per heavy atom. The van der Waals surface area contributed by atoms with Crippen molar-refractivity contribution in [1.29, 1.82) is 0 Å². The fourth-order valence-corrected chi connectivity index (χ4v) is 2.45. The number of piperidine rings is 1. The van der Waals surface area contributed by atoms with Crippen LogP contribution in [0, 0.1) is 0 Å². The van der Waals surface area contributed by atoms with E-state index in [1.807, 2.05) is 13.0 Å². The highest BCUT2D eigenvalue weighted by atomic mass is 16.5. The van der Waals surface area contributed by atoms with E-state index in [1.165, 1.54) is 32.4 Å². The zero-order chi connectivity index (χ0) is 14.2. The summed E-state index contributed by atoms with van der Waals surface area (Å²) >= 11 is 0. The van der Waals surface area contributed by atoms with Crippen molar-refractivity contribution in [3.8, 4) is 11.5 Å². The molecular weight excluding hydrogens is 254 g/mol. The van der Waals surface area contributed by atoms with Crippen molar-refractivity contribution in [1.82, 2.24) is 4.90 Å². The molecule has 1 aliphatic rings. The highest BCUT2D eigenvalue weighted by Crippen LogP contribution is 2.28. The highest BCUT2D eigenvalue weighted by molar-refractivity contribution is 5.76. The zero-order valence-corrected chi connectivity index (χ0v) is 12.1. The van der Waals surface area contributed by atoms with Crippen LogP contribution < -0.4 is 9.47 Å². The van der Waals surface area contributed by atoms with Crippen LogP contribution in [-0.4, -0.2) is 44.0 Å². The first kappa shape index (κ1) is 14.9. The van der Waals surface area contributed by atoms with Crippen LogP contribution in [0.1, 0.15) is 36.5 Å². The van der Waals surface area contributed by atoms with Crippen LogP contribution in [0.5, 0.6) is 11.5 Å². The molecule has 1 aromatic carbocycles. The number of hydrogen-bond donors (Lipinski definition) is 0. The molecule has 0 radical (unpaired) electrons. The predicted octanol–water partition coefficient (Wildman–Crippen LogP) is 2.76. The maximum Gasteiger partial charge on any atom is 0.161 e. The molecule has 1 aliphatic heterocycles. The Hall–Kier alpha value is -1.55. The quantitative estimate of drug-likeness (QED) is 0.718. The molecule has 1 aromatic rings. The van der Waals surface area contributed by atoms with Gasteiger partial charge in [0.15, 0.2) is 11.5 Å². The Bertz CT molecular complexity index is 428. The maximum atomic E-state index is 10.8. The molecule has 0 aromatic heterocycles. The summed E-state index contributed by atoms with van der Waals surface area (Å²) in [5, 5.41) is 0.